The normalized spacial score (nSPS) is 17.6. The van der Waals surface area contributed by atoms with Gasteiger partial charge >= 0.3 is 5.97 Å². The summed E-state index contributed by atoms with van der Waals surface area (Å²) in [5.41, 5.74) is 0. The van der Waals surface area contributed by atoms with Crippen LogP contribution in [-0.4, -0.2) is 34.5 Å². The molecule has 23 heavy (non-hydrogen) atoms. The Labute approximate surface area is 141 Å². The quantitative estimate of drug-likeness (QED) is 0.497. The molecule has 4 nitrogen and oxygen atoms in total. The maximum atomic E-state index is 12.1. The first-order valence-corrected chi connectivity index (χ1v) is 9.69. The molecule has 0 radical (unpaired) electrons. The van der Waals surface area contributed by atoms with Gasteiger partial charge in [-0.15, -0.1) is 0 Å². The number of hydrogen-bond donors (Lipinski definition) is 1. The number of amides is 1. The molecule has 0 aliphatic carbocycles. The van der Waals surface area contributed by atoms with E-state index in [2.05, 4.69) is 6.92 Å². The summed E-state index contributed by atoms with van der Waals surface area (Å²) in [5.74, 6) is -0.819. The maximum Gasteiger partial charge on any atom is 0.326 e. The molecule has 134 valence electrons. The number of aliphatic carboxylic acids is 1. The summed E-state index contributed by atoms with van der Waals surface area (Å²) in [4.78, 5) is 24.7. The van der Waals surface area contributed by atoms with E-state index in [1.54, 1.807) is 4.90 Å². The van der Waals surface area contributed by atoms with Gasteiger partial charge in [0.05, 0.1) is 0 Å². The van der Waals surface area contributed by atoms with Crippen LogP contribution in [0.3, 0.4) is 0 Å². The fourth-order valence-electron chi connectivity index (χ4n) is 3.41. The first-order valence-electron chi connectivity index (χ1n) is 9.69. The highest BCUT2D eigenvalue weighted by Crippen LogP contribution is 2.19. The molecule has 1 N–H and O–H groups in total. The van der Waals surface area contributed by atoms with E-state index in [4.69, 9.17) is 5.11 Å². The predicted molar refractivity (Wildman–Crippen MR) is 93.4 cm³/mol. The van der Waals surface area contributed by atoms with Crippen LogP contribution in [0.15, 0.2) is 0 Å². The topological polar surface area (TPSA) is 57.6 Å². The van der Waals surface area contributed by atoms with Gasteiger partial charge < -0.3 is 10.0 Å². The minimum Gasteiger partial charge on any atom is -0.480 e. The van der Waals surface area contributed by atoms with E-state index in [0.29, 0.717) is 19.4 Å². The summed E-state index contributed by atoms with van der Waals surface area (Å²) >= 11 is 0. The van der Waals surface area contributed by atoms with Gasteiger partial charge in [-0.2, -0.15) is 0 Å². The van der Waals surface area contributed by atoms with E-state index in [1.807, 2.05) is 0 Å². The summed E-state index contributed by atoms with van der Waals surface area (Å²) < 4.78 is 0. The number of unbranched alkanes of at least 4 members (excludes halogenated alkanes) is 10. The average Bonchev–Trinajstić information content (AvgIpc) is 3.02. The minimum atomic E-state index is -0.852. The average molecular weight is 325 g/mol. The van der Waals surface area contributed by atoms with E-state index in [0.717, 1.165) is 19.3 Å². The van der Waals surface area contributed by atoms with Crippen LogP contribution in [-0.2, 0) is 9.59 Å². The van der Waals surface area contributed by atoms with Gasteiger partial charge in [-0.1, -0.05) is 71.1 Å². The molecule has 0 unspecified atom stereocenters. The molecule has 0 spiro atoms. The highest BCUT2D eigenvalue weighted by Gasteiger charge is 2.33. The van der Waals surface area contributed by atoms with Crippen LogP contribution in [0.1, 0.15) is 96.8 Å². The molecule has 1 heterocycles. The molecule has 0 aromatic carbocycles. The Hall–Kier alpha value is -1.06. The van der Waals surface area contributed by atoms with E-state index < -0.39 is 12.0 Å². The lowest BCUT2D eigenvalue weighted by atomic mass is 10.1. The highest BCUT2D eigenvalue weighted by atomic mass is 16.4. The van der Waals surface area contributed by atoms with Crippen LogP contribution in [0.25, 0.3) is 0 Å². The Morgan fingerprint density at radius 3 is 1.96 bits per heavy atom. The van der Waals surface area contributed by atoms with E-state index in [1.165, 1.54) is 57.8 Å². The van der Waals surface area contributed by atoms with Gasteiger partial charge in [-0.05, 0) is 19.3 Å². The molecular weight excluding hydrogens is 290 g/mol. The van der Waals surface area contributed by atoms with Crippen LogP contribution in [0.5, 0.6) is 0 Å². The van der Waals surface area contributed by atoms with Crippen LogP contribution in [0, 0.1) is 0 Å². The number of rotatable bonds is 13. The molecule has 0 saturated carbocycles. The van der Waals surface area contributed by atoms with E-state index in [-0.39, 0.29) is 5.91 Å². The molecule has 1 saturated heterocycles. The molecule has 1 rings (SSSR count). The predicted octanol–water partition coefficient (Wildman–Crippen LogP) is 4.76. The number of likely N-dealkylation sites (tertiary alicyclic amines) is 1. The van der Waals surface area contributed by atoms with Crippen molar-refractivity contribution in [1.29, 1.82) is 0 Å². The smallest absolute Gasteiger partial charge is 0.326 e. The van der Waals surface area contributed by atoms with Crippen molar-refractivity contribution in [3.63, 3.8) is 0 Å². The second kappa shape index (κ2) is 12.4. The molecule has 1 amide bonds. The second-order valence-electron chi connectivity index (χ2n) is 6.87. The van der Waals surface area contributed by atoms with Gasteiger partial charge in [-0.3, -0.25) is 4.79 Å². The standard InChI is InChI=1S/C19H35NO3/c1-2-3-4-5-6-7-8-9-10-11-12-15-18(21)20-16-13-14-17(20)19(22)23/h17H,2-16H2,1H3,(H,22,23)/t17-/m0/s1. The summed E-state index contributed by atoms with van der Waals surface area (Å²) in [6.45, 7) is 2.87. The Balaban J connectivity index is 1.94. The number of carbonyl (C=O) groups excluding carboxylic acids is 1. The molecule has 0 bridgehead atoms. The molecule has 0 aromatic rings. The first kappa shape index (κ1) is 20.0. The number of hydrogen-bond acceptors (Lipinski definition) is 2. The lowest BCUT2D eigenvalue weighted by Crippen LogP contribution is -2.40. The molecule has 1 atom stereocenters. The Morgan fingerprint density at radius 2 is 1.43 bits per heavy atom. The van der Waals surface area contributed by atoms with Crippen molar-refractivity contribution in [1.82, 2.24) is 4.90 Å². The Bertz CT molecular complexity index is 344. The zero-order chi connectivity index (χ0) is 16.9. The first-order chi connectivity index (χ1) is 11.2. The zero-order valence-corrected chi connectivity index (χ0v) is 14.9. The Kier molecular flexibility index (Phi) is 10.8. The van der Waals surface area contributed by atoms with E-state index in [9.17, 15) is 9.59 Å². The number of carboxylic acids is 1. The minimum absolute atomic E-state index is 0.0332. The van der Waals surface area contributed by atoms with E-state index >= 15 is 0 Å². The zero-order valence-electron chi connectivity index (χ0n) is 14.9. The van der Waals surface area contributed by atoms with Gasteiger partial charge in [0, 0.05) is 13.0 Å². The third-order valence-electron chi connectivity index (χ3n) is 4.85. The third kappa shape index (κ3) is 8.38. The maximum absolute atomic E-state index is 12.1. The third-order valence-corrected chi connectivity index (χ3v) is 4.85. The SMILES string of the molecule is CCCCCCCCCCCCCC(=O)N1CCC[C@H]1C(=O)O. The lowest BCUT2D eigenvalue weighted by molar-refractivity contribution is -0.148. The summed E-state index contributed by atoms with van der Waals surface area (Å²) in [6, 6.07) is -0.574. The van der Waals surface area contributed by atoms with Crippen molar-refractivity contribution in [3.05, 3.63) is 0 Å². The fourth-order valence-corrected chi connectivity index (χ4v) is 3.41. The molecule has 0 aromatic heterocycles. The molecule has 1 fully saturated rings. The number of carbonyl (C=O) groups is 2. The van der Waals surface area contributed by atoms with Crippen molar-refractivity contribution < 1.29 is 14.7 Å². The molecule has 4 heteroatoms. The summed E-state index contributed by atoms with van der Waals surface area (Å²) in [5, 5.41) is 9.10. The van der Waals surface area contributed by atoms with Gasteiger partial charge in [0.15, 0.2) is 0 Å². The van der Waals surface area contributed by atoms with Crippen LogP contribution in [0.2, 0.25) is 0 Å². The molecule has 1 aliphatic heterocycles. The fraction of sp³-hybridized carbons (Fsp3) is 0.895. The lowest BCUT2D eigenvalue weighted by Gasteiger charge is -2.21. The van der Waals surface area contributed by atoms with Crippen molar-refractivity contribution in [3.8, 4) is 0 Å². The van der Waals surface area contributed by atoms with Crippen molar-refractivity contribution in [2.75, 3.05) is 6.54 Å². The van der Waals surface area contributed by atoms with Gasteiger partial charge in [-0.25, -0.2) is 4.79 Å². The van der Waals surface area contributed by atoms with Gasteiger partial charge in [0.1, 0.15) is 6.04 Å². The van der Waals surface area contributed by atoms with Gasteiger partial charge in [0.25, 0.3) is 0 Å². The van der Waals surface area contributed by atoms with Crippen LogP contribution in [0.4, 0.5) is 0 Å². The monoisotopic (exact) mass is 325 g/mol. The number of nitrogens with zero attached hydrogens (tertiary/aromatic N) is 1. The second-order valence-corrected chi connectivity index (χ2v) is 6.87. The largest absolute Gasteiger partial charge is 0.480 e. The summed E-state index contributed by atoms with van der Waals surface area (Å²) in [7, 11) is 0. The molecule has 1 aliphatic rings. The highest BCUT2D eigenvalue weighted by molar-refractivity contribution is 5.84. The van der Waals surface area contributed by atoms with Crippen LogP contribution >= 0.6 is 0 Å². The van der Waals surface area contributed by atoms with Crippen molar-refractivity contribution in [2.24, 2.45) is 0 Å². The summed E-state index contributed by atoms with van der Waals surface area (Å²) in [6.07, 6.45) is 15.9. The number of carboxylic acid groups (broad SMARTS) is 1. The van der Waals surface area contributed by atoms with Gasteiger partial charge in [0.2, 0.25) is 5.91 Å². The molecular formula is C19H35NO3. The van der Waals surface area contributed by atoms with Crippen molar-refractivity contribution in [2.45, 2.75) is 103 Å². The van der Waals surface area contributed by atoms with Crippen LogP contribution < -0.4 is 0 Å². The van der Waals surface area contributed by atoms with Crippen molar-refractivity contribution >= 4 is 11.9 Å². The Morgan fingerprint density at radius 1 is 0.913 bits per heavy atom.